The van der Waals surface area contributed by atoms with Crippen molar-refractivity contribution in [1.82, 2.24) is 5.32 Å². The van der Waals surface area contributed by atoms with Crippen LogP contribution in [0.2, 0.25) is 0 Å². The lowest BCUT2D eigenvalue weighted by atomic mass is 9.77. The largest absolute Gasteiger partial charge is 0.353 e. The van der Waals surface area contributed by atoms with Crippen molar-refractivity contribution in [3.63, 3.8) is 0 Å². The number of anilines is 1. The molecule has 4 aliphatic rings. The fourth-order valence-corrected chi connectivity index (χ4v) is 5.31. The fraction of sp³-hybridized carbons (Fsp3) is 0.652. The number of nitrogens with zero attached hydrogens (tertiary/aromatic N) is 1. The lowest BCUT2D eigenvalue weighted by Gasteiger charge is -2.34. The summed E-state index contributed by atoms with van der Waals surface area (Å²) >= 11 is 0. The Balaban J connectivity index is 1.31. The van der Waals surface area contributed by atoms with E-state index in [2.05, 4.69) is 11.4 Å². The topological polar surface area (TPSA) is 49.4 Å². The van der Waals surface area contributed by atoms with E-state index in [-0.39, 0.29) is 23.7 Å². The summed E-state index contributed by atoms with van der Waals surface area (Å²) in [5, 5.41) is 3.40. The van der Waals surface area contributed by atoms with E-state index in [0.717, 1.165) is 44.3 Å². The van der Waals surface area contributed by atoms with Crippen molar-refractivity contribution in [1.29, 1.82) is 0 Å². The second-order valence-electron chi connectivity index (χ2n) is 9.08. The molecule has 5 rings (SSSR count). The first-order valence-electron chi connectivity index (χ1n) is 10.9. The van der Waals surface area contributed by atoms with Gasteiger partial charge in [0.2, 0.25) is 11.8 Å². The van der Waals surface area contributed by atoms with Gasteiger partial charge >= 0.3 is 0 Å². The first-order valence-corrected chi connectivity index (χ1v) is 10.9. The lowest BCUT2D eigenvalue weighted by molar-refractivity contribution is -0.135. The van der Waals surface area contributed by atoms with Crippen LogP contribution in [-0.4, -0.2) is 24.4 Å². The Labute approximate surface area is 161 Å². The highest BCUT2D eigenvalue weighted by atomic mass is 16.2. The van der Waals surface area contributed by atoms with Crippen LogP contribution in [-0.2, 0) is 16.0 Å². The van der Waals surface area contributed by atoms with Crippen LogP contribution in [0, 0.1) is 23.7 Å². The predicted molar refractivity (Wildman–Crippen MR) is 105 cm³/mol. The van der Waals surface area contributed by atoms with Gasteiger partial charge in [0.15, 0.2) is 0 Å². The number of hydrogen-bond acceptors (Lipinski definition) is 2. The molecular formula is C23H30N2O2. The number of benzene rings is 1. The monoisotopic (exact) mass is 366 g/mol. The minimum atomic E-state index is -0.149. The highest BCUT2D eigenvalue weighted by Crippen LogP contribution is 2.45. The summed E-state index contributed by atoms with van der Waals surface area (Å²) in [6.07, 6.45) is 9.82. The van der Waals surface area contributed by atoms with Gasteiger partial charge in [-0.3, -0.25) is 9.59 Å². The van der Waals surface area contributed by atoms with Crippen LogP contribution in [0.5, 0.6) is 0 Å². The van der Waals surface area contributed by atoms with Gasteiger partial charge < -0.3 is 10.2 Å². The molecule has 3 fully saturated rings. The highest BCUT2D eigenvalue weighted by molar-refractivity contribution is 5.99. The molecule has 2 atom stereocenters. The maximum atomic E-state index is 13.4. The molecule has 0 saturated heterocycles. The highest BCUT2D eigenvalue weighted by Gasteiger charge is 2.45. The number of nitrogens with one attached hydrogen (secondary N) is 1. The minimum absolute atomic E-state index is 0.140. The Morgan fingerprint density at radius 1 is 0.926 bits per heavy atom. The van der Waals surface area contributed by atoms with Crippen molar-refractivity contribution in [3.8, 4) is 0 Å². The zero-order valence-corrected chi connectivity index (χ0v) is 16.0. The standard InChI is InChI=1S/C23H30N2O2/c26-22(24-21(16-9-10-16)17-11-12-17)18-6-2-3-7-19(18)23(27)25-14-13-15-5-1-4-8-20(15)25/h1,4-5,8,16-19,21H,2-3,6-7,9-14H2,(H,24,26). The SMILES string of the molecule is O=C(NC(C1CC1)C1CC1)C1CCCCC1C(=O)N1CCc2ccccc21. The molecule has 0 radical (unpaired) electrons. The smallest absolute Gasteiger partial charge is 0.230 e. The zero-order valence-electron chi connectivity index (χ0n) is 16.0. The van der Waals surface area contributed by atoms with Crippen molar-refractivity contribution in [2.45, 2.75) is 63.8 Å². The molecule has 0 aromatic heterocycles. The van der Waals surface area contributed by atoms with Crippen molar-refractivity contribution < 1.29 is 9.59 Å². The van der Waals surface area contributed by atoms with Gasteiger partial charge in [-0.05, 0) is 68.4 Å². The van der Waals surface area contributed by atoms with Crippen LogP contribution < -0.4 is 10.2 Å². The first kappa shape index (κ1) is 17.3. The molecule has 144 valence electrons. The third-order valence-corrected chi connectivity index (χ3v) is 7.14. The summed E-state index contributed by atoms with van der Waals surface area (Å²) in [6, 6.07) is 8.59. The third-order valence-electron chi connectivity index (χ3n) is 7.14. The molecule has 2 amide bonds. The van der Waals surface area contributed by atoms with Gasteiger partial charge in [0.1, 0.15) is 0 Å². The van der Waals surface area contributed by atoms with Crippen LogP contribution >= 0.6 is 0 Å². The summed E-state index contributed by atoms with van der Waals surface area (Å²) in [6.45, 7) is 0.760. The summed E-state index contributed by atoms with van der Waals surface area (Å²) < 4.78 is 0. The predicted octanol–water partition coefficient (Wildman–Crippen LogP) is 3.69. The number of fused-ring (bicyclic) bond motifs is 1. The molecule has 1 N–H and O–H groups in total. The Bertz CT molecular complexity index is 726. The first-order chi connectivity index (χ1) is 13.2. The molecule has 1 aromatic carbocycles. The van der Waals surface area contributed by atoms with Crippen LogP contribution in [0.15, 0.2) is 24.3 Å². The normalized spacial score (nSPS) is 27.5. The number of amides is 2. The van der Waals surface area contributed by atoms with Crippen LogP contribution in [0.4, 0.5) is 5.69 Å². The van der Waals surface area contributed by atoms with Crippen molar-refractivity contribution in [2.75, 3.05) is 11.4 Å². The average Bonchev–Trinajstić information content (AvgIpc) is 3.63. The molecular weight excluding hydrogens is 336 g/mol. The Kier molecular flexibility index (Phi) is 4.45. The summed E-state index contributed by atoms with van der Waals surface area (Å²) in [4.78, 5) is 28.5. The van der Waals surface area contributed by atoms with Crippen molar-refractivity contribution >= 4 is 17.5 Å². The van der Waals surface area contributed by atoms with E-state index in [4.69, 9.17) is 0 Å². The van der Waals surface area contributed by atoms with Gasteiger partial charge in [-0.15, -0.1) is 0 Å². The van der Waals surface area contributed by atoms with Crippen molar-refractivity contribution in [2.24, 2.45) is 23.7 Å². The molecule has 2 unspecified atom stereocenters. The zero-order chi connectivity index (χ0) is 18.4. The van der Waals surface area contributed by atoms with Crippen molar-refractivity contribution in [3.05, 3.63) is 29.8 Å². The second kappa shape index (κ2) is 6.96. The Morgan fingerprint density at radius 3 is 2.30 bits per heavy atom. The number of hydrogen-bond donors (Lipinski definition) is 1. The molecule has 1 heterocycles. The summed E-state index contributed by atoms with van der Waals surface area (Å²) in [5.74, 6) is 1.44. The maximum Gasteiger partial charge on any atom is 0.230 e. The molecule has 27 heavy (non-hydrogen) atoms. The van der Waals surface area contributed by atoms with E-state index in [1.165, 1.54) is 31.2 Å². The maximum absolute atomic E-state index is 13.4. The van der Waals surface area contributed by atoms with Crippen LogP contribution in [0.1, 0.15) is 56.9 Å². The van der Waals surface area contributed by atoms with Gasteiger partial charge in [0, 0.05) is 24.2 Å². The van der Waals surface area contributed by atoms with E-state index in [1.54, 1.807) is 0 Å². The molecule has 4 nitrogen and oxygen atoms in total. The van der Waals surface area contributed by atoms with Gasteiger partial charge in [-0.1, -0.05) is 31.0 Å². The molecule has 4 heteroatoms. The summed E-state index contributed by atoms with van der Waals surface area (Å²) in [7, 11) is 0. The Hall–Kier alpha value is -1.84. The third kappa shape index (κ3) is 3.39. The average molecular weight is 367 g/mol. The number of rotatable bonds is 5. The fourth-order valence-electron chi connectivity index (χ4n) is 5.31. The molecule has 0 spiro atoms. The van der Waals surface area contributed by atoms with Gasteiger partial charge in [-0.25, -0.2) is 0 Å². The Morgan fingerprint density at radius 2 is 1.59 bits per heavy atom. The number of carbonyl (C=O) groups excluding carboxylic acids is 2. The van der Waals surface area contributed by atoms with E-state index >= 15 is 0 Å². The van der Waals surface area contributed by atoms with Gasteiger partial charge in [0.25, 0.3) is 0 Å². The number of carbonyl (C=O) groups is 2. The number of para-hydroxylation sites is 1. The van der Waals surface area contributed by atoms with E-state index in [9.17, 15) is 9.59 Å². The second-order valence-corrected chi connectivity index (χ2v) is 9.08. The van der Waals surface area contributed by atoms with Crippen LogP contribution in [0.3, 0.4) is 0 Å². The molecule has 3 aliphatic carbocycles. The quantitative estimate of drug-likeness (QED) is 0.864. The van der Waals surface area contributed by atoms with Crippen LogP contribution in [0.25, 0.3) is 0 Å². The molecule has 0 bridgehead atoms. The van der Waals surface area contributed by atoms with E-state index in [1.807, 2.05) is 23.1 Å². The summed E-state index contributed by atoms with van der Waals surface area (Å²) in [5.41, 5.74) is 2.31. The van der Waals surface area contributed by atoms with Gasteiger partial charge in [-0.2, -0.15) is 0 Å². The lowest BCUT2D eigenvalue weighted by Crippen LogP contribution is -2.48. The van der Waals surface area contributed by atoms with E-state index < -0.39 is 0 Å². The van der Waals surface area contributed by atoms with Gasteiger partial charge in [0.05, 0.1) is 5.92 Å². The minimum Gasteiger partial charge on any atom is -0.353 e. The molecule has 3 saturated carbocycles. The van der Waals surface area contributed by atoms with E-state index in [0.29, 0.717) is 17.9 Å². The molecule has 1 aliphatic heterocycles. The molecule has 1 aromatic rings.